The lowest BCUT2D eigenvalue weighted by Gasteiger charge is -2.18. The van der Waals surface area contributed by atoms with Crippen LogP contribution >= 0.6 is 63.7 Å². The van der Waals surface area contributed by atoms with Crippen molar-refractivity contribution in [2.24, 2.45) is 0 Å². The molecule has 4 aromatic rings. The molecule has 4 N–H and O–H groups in total. The summed E-state index contributed by atoms with van der Waals surface area (Å²) in [5.41, 5.74) is 7.49. The topological polar surface area (TPSA) is 117 Å². The fourth-order valence-corrected chi connectivity index (χ4v) is 8.12. The second-order valence-corrected chi connectivity index (χ2v) is 16.3. The van der Waals surface area contributed by atoms with Gasteiger partial charge in [0.1, 0.15) is 24.7 Å². The molecule has 286 valence electrons. The first-order valence-corrected chi connectivity index (χ1v) is 20.7. The Balaban J connectivity index is 0.000000286. The molecule has 53 heavy (non-hydrogen) atoms. The van der Waals surface area contributed by atoms with Crippen LogP contribution in [0.5, 0.6) is 11.5 Å². The number of hydrogen-bond acceptors (Lipinski definition) is 6. The Hall–Kier alpha value is -3.06. The standard InChI is InChI=1S/C21H25Br2NO3.C20H23Br2NO3/c1-4-13(2)24-19-7-5-6-16(14(19)3)12-27-21-17(22)10-15(11-18(21)23)8-9-20(25)26;1-3-13(2)23-16-6-4-5-15(9-16)12-26-20-17(21)10-14(11-18(20)22)7-8-19(24)25/h5-7,10-11,13,24H,4,8-9,12H2,1-3H3,(H,25,26);4-6,9-11,13,23H,3,7-8,12H2,1-2H3,(H,24,25). The van der Waals surface area contributed by atoms with E-state index in [9.17, 15) is 9.59 Å². The van der Waals surface area contributed by atoms with Gasteiger partial charge in [-0.05, 0) is 180 Å². The summed E-state index contributed by atoms with van der Waals surface area (Å²) >= 11 is 14.1. The average Bonchev–Trinajstić information content (AvgIpc) is 3.10. The Morgan fingerprint density at radius 2 is 1.13 bits per heavy atom. The quantitative estimate of drug-likeness (QED) is 0.0779. The largest absolute Gasteiger partial charge is 0.487 e. The molecule has 0 fully saturated rings. The van der Waals surface area contributed by atoms with E-state index in [-0.39, 0.29) is 12.8 Å². The third-order valence-electron chi connectivity index (χ3n) is 8.54. The van der Waals surface area contributed by atoms with Crippen LogP contribution < -0.4 is 20.1 Å². The molecule has 0 spiro atoms. The molecule has 8 nitrogen and oxygen atoms in total. The monoisotopic (exact) mass is 980 g/mol. The molecule has 0 saturated heterocycles. The number of anilines is 2. The third kappa shape index (κ3) is 14.9. The second kappa shape index (κ2) is 22.4. The highest BCUT2D eigenvalue weighted by atomic mass is 79.9. The Labute approximate surface area is 347 Å². The van der Waals surface area contributed by atoms with Crippen molar-refractivity contribution < 1.29 is 29.3 Å². The summed E-state index contributed by atoms with van der Waals surface area (Å²) in [6.07, 6.45) is 3.30. The highest BCUT2D eigenvalue weighted by Crippen LogP contribution is 2.37. The Morgan fingerprint density at radius 3 is 1.62 bits per heavy atom. The van der Waals surface area contributed by atoms with Crippen molar-refractivity contribution in [1.82, 2.24) is 0 Å². The zero-order valence-corrected chi connectivity index (χ0v) is 37.0. The predicted octanol–water partition coefficient (Wildman–Crippen LogP) is 12.3. The van der Waals surface area contributed by atoms with Crippen LogP contribution in [0.25, 0.3) is 0 Å². The molecule has 12 heteroatoms. The van der Waals surface area contributed by atoms with Gasteiger partial charge in [-0.3, -0.25) is 9.59 Å². The van der Waals surface area contributed by atoms with E-state index in [1.54, 1.807) is 0 Å². The van der Waals surface area contributed by atoms with Crippen molar-refractivity contribution in [3.63, 3.8) is 0 Å². The number of carboxylic acid groups (broad SMARTS) is 2. The molecule has 0 aliphatic rings. The van der Waals surface area contributed by atoms with Crippen LogP contribution in [0.1, 0.15) is 81.2 Å². The maximum atomic E-state index is 10.8. The zero-order chi connectivity index (χ0) is 39.1. The van der Waals surface area contributed by atoms with E-state index in [0.717, 1.165) is 64.4 Å². The lowest BCUT2D eigenvalue weighted by atomic mass is 10.1. The summed E-state index contributed by atoms with van der Waals surface area (Å²) in [5, 5.41) is 24.7. The molecule has 0 heterocycles. The number of carbonyl (C=O) groups is 2. The van der Waals surface area contributed by atoms with Crippen LogP contribution in [0.15, 0.2) is 84.6 Å². The van der Waals surface area contributed by atoms with Gasteiger partial charge in [0.2, 0.25) is 0 Å². The molecule has 0 radical (unpaired) electrons. The molecular weight excluding hydrogens is 936 g/mol. The van der Waals surface area contributed by atoms with Crippen molar-refractivity contribution in [3.05, 3.63) is 112 Å². The lowest BCUT2D eigenvalue weighted by Crippen LogP contribution is -2.15. The normalized spacial score (nSPS) is 11.9. The van der Waals surface area contributed by atoms with Crippen LogP contribution in [-0.2, 0) is 35.6 Å². The molecular formula is C41H48Br4N2O6. The van der Waals surface area contributed by atoms with Gasteiger partial charge in [0.25, 0.3) is 0 Å². The zero-order valence-electron chi connectivity index (χ0n) is 30.7. The maximum Gasteiger partial charge on any atom is 0.303 e. The van der Waals surface area contributed by atoms with Gasteiger partial charge in [-0.25, -0.2) is 0 Å². The fourth-order valence-electron chi connectivity index (χ4n) is 5.10. The number of aliphatic carboxylic acids is 2. The Bertz CT molecular complexity index is 1790. The van der Waals surface area contributed by atoms with Crippen molar-refractivity contribution in [1.29, 1.82) is 0 Å². The molecule has 0 aliphatic carbocycles. The first-order valence-electron chi connectivity index (χ1n) is 17.6. The number of rotatable bonds is 18. The first-order chi connectivity index (χ1) is 25.2. The summed E-state index contributed by atoms with van der Waals surface area (Å²) in [7, 11) is 0. The molecule has 0 amide bonds. The summed E-state index contributed by atoms with van der Waals surface area (Å²) < 4.78 is 15.3. The highest BCUT2D eigenvalue weighted by molar-refractivity contribution is 9.11. The Morgan fingerprint density at radius 1 is 0.660 bits per heavy atom. The van der Waals surface area contributed by atoms with Crippen LogP contribution in [-0.4, -0.2) is 34.2 Å². The van der Waals surface area contributed by atoms with E-state index >= 15 is 0 Å². The molecule has 0 saturated carbocycles. The van der Waals surface area contributed by atoms with Crippen LogP contribution in [0.4, 0.5) is 11.4 Å². The van der Waals surface area contributed by atoms with Gasteiger partial charge < -0.3 is 30.3 Å². The molecule has 4 rings (SSSR count). The summed E-state index contributed by atoms with van der Waals surface area (Å²) in [6.45, 7) is 11.6. The number of hydrogen-bond donors (Lipinski definition) is 4. The maximum absolute atomic E-state index is 10.8. The minimum Gasteiger partial charge on any atom is -0.487 e. The smallest absolute Gasteiger partial charge is 0.303 e. The number of nitrogens with one attached hydrogen (secondary N) is 2. The van der Waals surface area contributed by atoms with Crippen LogP contribution in [0.3, 0.4) is 0 Å². The van der Waals surface area contributed by atoms with Gasteiger partial charge in [0.05, 0.1) is 17.9 Å². The molecule has 2 unspecified atom stereocenters. The van der Waals surface area contributed by atoms with Gasteiger partial charge in [0, 0.05) is 36.3 Å². The lowest BCUT2D eigenvalue weighted by molar-refractivity contribution is -0.138. The molecule has 0 aromatic heterocycles. The molecule has 0 aliphatic heterocycles. The molecule has 4 aromatic carbocycles. The van der Waals surface area contributed by atoms with Gasteiger partial charge >= 0.3 is 11.9 Å². The predicted molar refractivity (Wildman–Crippen MR) is 229 cm³/mol. The minimum absolute atomic E-state index is 0.105. The number of aryl methyl sites for hydroxylation is 2. The summed E-state index contributed by atoms with van der Waals surface area (Å²) in [5.74, 6) is -0.175. The van der Waals surface area contributed by atoms with Gasteiger partial charge in [-0.2, -0.15) is 0 Å². The van der Waals surface area contributed by atoms with Crippen molar-refractivity contribution in [3.8, 4) is 11.5 Å². The van der Waals surface area contributed by atoms with E-state index in [0.29, 0.717) is 49.6 Å². The average molecular weight is 984 g/mol. The van der Waals surface area contributed by atoms with Gasteiger partial charge in [-0.15, -0.1) is 0 Å². The first kappa shape index (κ1) is 44.3. The van der Waals surface area contributed by atoms with E-state index in [1.807, 2.05) is 42.5 Å². The van der Waals surface area contributed by atoms with Crippen molar-refractivity contribution in [2.45, 2.75) is 98.4 Å². The SMILES string of the molecule is CCC(C)Nc1cccc(COc2c(Br)cc(CCC(=O)O)cc2Br)c1.CCC(C)Nc1cccc(COc2c(Br)cc(CCC(=O)O)cc2Br)c1C. The number of ether oxygens (including phenoxy) is 2. The van der Waals surface area contributed by atoms with Crippen LogP contribution in [0.2, 0.25) is 0 Å². The Kier molecular flexibility index (Phi) is 18.7. The van der Waals surface area contributed by atoms with Crippen molar-refractivity contribution in [2.75, 3.05) is 10.6 Å². The van der Waals surface area contributed by atoms with Crippen molar-refractivity contribution >= 4 is 87.0 Å². The summed E-state index contributed by atoms with van der Waals surface area (Å²) in [6, 6.07) is 22.9. The molecule has 0 bridgehead atoms. The van der Waals surface area contributed by atoms with E-state index < -0.39 is 11.9 Å². The summed E-state index contributed by atoms with van der Waals surface area (Å²) in [4.78, 5) is 21.5. The minimum atomic E-state index is -0.802. The van der Waals surface area contributed by atoms with Gasteiger partial charge in [-0.1, -0.05) is 38.1 Å². The number of benzene rings is 4. The molecule has 2 atom stereocenters. The fraction of sp³-hybridized carbons (Fsp3) is 0.366. The number of carboxylic acids is 2. The second-order valence-electron chi connectivity index (χ2n) is 12.8. The van der Waals surface area contributed by atoms with Gasteiger partial charge in [0.15, 0.2) is 0 Å². The van der Waals surface area contributed by atoms with E-state index in [1.165, 1.54) is 5.56 Å². The highest BCUT2D eigenvalue weighted by Gasteiger charge is 2.14. The number of halogens is 4. The third-order valence-corrected chi connectivity index (χ3v) is 10.9. The van der Waals surface area contributed by atoms with E-state index in [4.69, 9.17) is 19.7 Å². The van der Waals surface area contributed by atoms with E-state index in [2.05, 4.69) is 133 Å². The van der Waals surface area contributed by atoms with Crippen LogP contribution in [0, 0.1) is 6.92 Å².